The summed E-state index contributed by atoms with van der Waals surface area (Å²) in [5.41, 5.74) is -0.279. The van der Waals surface area contributed by atoms with Crippen LogP contribution in [0.3, 0.4) is 0 Å². The number of halogens is 4. The minimum absolute atomic E-state index is 0.0916. The van der Waals surface area contributed by atoms with Gasteiger partial charge in [-0.05, 0) is 22.0 Å². The maximum atomic E-state index is 11.7. The Labute approximate surface area is 98.0 Å². The quantitative estimate of drug-likeness (QED) is 0.798. The zero-order valence-corrected chi connectivity index (χ0v) is 9.71. The summed E-state index contributed by atoms with van der Waals surface area (Å²) in [6.45, 7) is -1.36. The summed E-state index contributed by atoms with van der Waals surface area (Å²) in [4.78, 5) is 11.2. The van der Waals surface area contributed by atoms with Crippen molar-refractivity contribution in [3.05, 3.63) is 33.2 Å². The number of ether oxygens (including phenoxy) is 1. The summed E-state index contributed by atoms with van der Waals surface area (Å²) in [7, 11) is 0. The van der Waals surface area contributed by atoms with Gasteiger partial charge in [0.2, 0.25) is 0 Å². The largest absolute Gasteiger partial charge is 0.411 e. The van der Waals surface area contributed by atoms with Crippen molar-refractivity contribution in [3.63, 3.8) is 0 Å². The van der Waals surface area contributed by atoms with E-state index in [4.69, 9.17) is 0 Å². The minimum atomic E-state index is -4.33. The third-order valence-electron chi connectivity index (χ3n) is 1.69. The second-order valence-electron chi connectivity index (χ2n) is 3.05. The van der Waals surface area contributed by atoms with E-state index in [-0.39, 0.29) is 18.7 Å². The lowest BCUT2D eigenvalue weighted by Crippen LogP contribution is -2.23. The Hall–Kier alpha value is -0.820. The molecule has 0 radical (unpaired) electrons. The van der Waals surface area contributed by atoms with E-state index in [1.807, 2.05) is 0 Å². The highest BCUT2D eigenvalue weighted by Crippen LogP contribution is 2.14. The van der Waals surface area contributed by atoms with Crippen LogP contribution >= 0.6 is 15.9 Å². The number of hydrogen-bond acceptors (Lipinski definition) is 2. The van der Waals surface area contributed by atoms with Gasteiger partial charge in [0.25, 0.3) is 5.56 Å². The minimum Gasteiger partial charge on any atom is -0.370 e. The topological polar surface area (TPSA) is 31.2 Å². The monoisotopic (exact) mass is 299 g/mol. The van der Waals surface area contributed by atoms with E-state index < -0.39 is 12.8 Å². The van der Waals surface area contributed by atoms with Gasteiger partial charge in [0.1, 0.15) is 6.61 Å². The molecule has 0 spiro atoms. The molecule has 0 saturated heterocycles. The Morgan fingerprint density at radius 1 is 1.38 bits per heavy atom. The Bertz CT molecular complexity index is 402. The molecule has 90 valence electrons. The van der Waals surface area contributed by atoms with Gasteiger partial charge in [0.05, 0.1) is 6.61 Å². The van der Waals surface area contributed by atoms with Gasteiger partial charge in [-0.15, -0.1) is 0 Å². The van der Waals surface area contributed by atoms with Gasteiger partial charge in [-0.2, -0.15) is 13.2 Å². The third kappa shape index (κ3) is 4.80. The molecule has 0 aliphatic heterocycles. The first kappa shape index (κ1) is 13.2. The first-order chi connectivity index (χ1) is 7.38. The van der Waals surface area contributed by atoms with Crippen molar-refractivity contribution in [2.24, 2.45) is 0 Å². The number of nitrogens with zero attached hydrogens (tertiary/aromatic N) is 1. The maximum absolute atomic E-state index is 11.7. The smallest absolute Gasteiger partial charge is 0.370 e. The molecule has 7 heteroatoms. The SMILES string of the molecule is O=c1ccc(Br)cn1CCOCC(F)(F)F. The van der Waals surface area contributed by atoms with E-state index in [0.29, 0.717) is 4.47 Å². The molecule has 0 aromatic carbocycles. The molecule has 0 atom stereocenters. The van der Waals surface area contributed by atoms with Gasteiger partial charge in [0, 0.05) is 23.3 Å². The molecule has 1 rings (SSSR count). The molecule has 0 aliphatic rings. The van der Waals surface area contributed by atoms with E-state index in [1.165, 1.54) is 16.8 Å². The molecular formula is C9H9BrF3NO2. The fraction of sp³-hybridized carbons (Fsp3) is 0.444. The van der Waals surface area contributed by atoms with Crippen LogP contribution in [0.5, 0.6) is 0 Å². The van der Waals surface area contributed by atoms with Crippen LogP contribution in [0.4, 0.5) is 13.2 Å². The van der Waals surface area contributed by atoms with Gasteiger partial charge >= 0.3 is 6.18 Å². The van der Waals surface area contributed by atoms with Crippen molar-refractivity contribution in [1.82, 2.24) is 4.57 Å². The van der Waals surface area contributed by atoms with Crippen molar-refractivity contribution >= 4 is 15.9 Å². The highest BCUT2D eigenvalue weighted by molar-refractivity contribution is 9.10. The Morgan fingerprint density at radius 3 is 2.69 bits per heavy atom. The highest BCUT2D eigenvalue weighted by Gasteiger charge is 2.27. The second kappa shape index (κ2) is 5.49. The van der Waals surface area contributed by atoms with Gasteiger partial charge < -0.3 is 9.30 Å². The molecule has 3 nitrogen and oxygen atoms in total. The predicted octanol–water partition coefficient (Wildman–Crippen LogP) is 2.19. The molecule has 0 amide bonds. The van der Waals surface area contributed by atoms with Crippen molar-refractivity contribution in [2.75, 3.05) is 13.2 Å². The molecule has 0 saturated carbocycles. The van der Waals surface area contributed by atoms with Gasteiger partial charge in [-0.3, -0.25) is 4.79 Å². The lowest BCUT2D eigenvalue weighted by Gasteiger charge is -2.09. The summed E-state index contributed by atoms with van der Waals surface area (Å²) < 4.78 is 41.5. The van der Waals surface area contributed by atoms with E-state index in [0.717, 1.165) is 0 Å². The molecule has 16 heavy (non-hydrogen) atoms. The van der Waals surface area contributed by atoms with E-state index >= 15 is 0 Å². The van der Waals surface area contributed by atoms with Crippen molar-refractivity contribution in [2.45, 2.75) is 12.7 Å². The van der Waals surface area contributed by atoms with Crippen molar-refractivity contribution < 1.29 is 17.9 Å². The predicted molar refractivity (Wildman–Crippen MR) is 55.3 cm³/mol. The van der Waals surface area contributed by atoms with Crippen molar-refractivity contribution in [3.8, 4) is 0 Å². The number of aromatic nitrogens is 1. The van der Waals surface area contributed by atoms with Crippen LogP contribution in [0, 0.1) is 0 Å². The summed E-state index contributed by atoms with van der Waals surface area (Å²) in [6, 6.07) is 2.89. The molecule has 0 N–H and O–H groups in total. The fourth-order valence-electron chi connectivity index (χ4n) is 1.03. The number of rotatable bonds is 4. The summed E-state index contributed by atoms with van der Waals surface area (Å²) >= 11 is 3.16. The third-order valence-corrected chi connectivity index (χ3v) is 2.16. The maximum Gasteiger partial charge on any atom is 0.411 e. The van der Waals surface area contributed by atoms with Crippen LogP contribution in [0.25, 0.3) is 0 Å². The zero-order chi connectivity index (χ0) is 12.2. The second-order valence-corrected chi connectivity index (χ2v) is 3.96. The first-order valence-electron chi connectivity index (χ1n) is 4.39. The van der Waals surface area contributed by atoms with Crippen LogP contribution in [0.15, 0.2) is 27.6 Å². The van der Waals surface area contributed by atoms with Gasteiger partial charge in [-0.1, -0.05) is 0 Å². The van der Waals surface area contributed by atoms with E-state index in [2.05, 4.69) is 20.7 Å². The average molecular weight is 300 g/mol. The van der Waals surface area contributed by atoms with Crippen LogP contribution in [0.1, 0.15) is 0 Å². The van der Waals surface area contributed by atoms with Crippen LogP contribution in [-0.2, 0) is 11.3 Å². The number of pyridine rings is 1. The molecule has 0 aliphatic carbocycles. The first-order valence-corrected chi connectivity index (χ1v) is 5.18. The Morgan fingerprint density at radius 2 is 2.06 bits per heavy atom. The molecule has 0 fully saturated rings. The van der Waals surface area contributed by atoms with Crippen LogP contribution in [-0.4, -0.2) is 24.0 Å². The normalized spacial score (nSPS) is 11.8. The van der Waals surface area contributed by atoms with Gasteiger partial charge in [0.15, 0.2) is 0 Å². The lowest BCUT2D eigenvalue weighted by atomic mass is 10.4. The number of alkyl halides is 3. The average Bonchev–Trinajstić information content (AvgIpc) is 2.16. The summed E-state index contributed by atoms with van der Waals surface area (Å²) in [5, 5.41) is 0. The molecule has 1 aromatic heterocycles. The molecule has 0 bridgehead atoms. The van der Waals surface area contributed by atoms with Crippen LogP contribution < -0.4 is 5.56 Å². The number of hydrogen-bond donors (Lipinski definition) is 0. The lowest BCUT2D eigenvalue weighted by molar-refractivity contribution is -0.174. The molecule has 1 heterocycles. The Kier molecular flexibility index (Phi) is 4.55. The van der Waals surface area contributed by atoms with Crippen molar-refractivity contribution in [1.29, 1.82) is 0 Å². The standard InChI is InChI=1S/C9H9BrF3NO2/c10-7-1-2-8(15)14(5-7)3-4-16-6-9(11,12)13/h1-2,5H,3-4,6H2. The van der Waals surface area contributed by atoms with Crippen LogP contribution in [0.2, 0.25) is 0 Å². The Balaban J connectivity index is 2.43. The summed E-state index contributed by atoms with van der Waals surface area (Å²) in [5.74, 6) is 0. The van der Waals surface area contributed by atoms with Gasteiger partial charge in [-0.25, -0.2) is 0 Å². The molecular weight excluding hydrogens is 291 g/mol. The zero-order valence-electron chi connectivity index (χ0n) is 8.13. The van der Waals surface area contributed by atoms with E-state index in [1.54, 1.807) is 6.07 Å². The van der Waals surface area contributed by atoms with E-state index in [9.17, 15) is 18.0 Å². The summed E-state index contributed by atoms with van der Waals surface area (Å²) in [6.07, 6.45) is -2.83. The highest BCUT2D eigenvalue weighted by atomic mass is 79.9. The molecule has 0 unspecified atom stereocenters. The fourth-order valence-corrected chi connectivity index (χ4v) is 1.41. The molecule has 1 aromatic rings.